The minimum absolute atomic E-state index is 0.0734. The highest BCUT2D eigenvalue weighted by Crippen LogP contribution is 2.38. The molecule has 0 unspecified atom stereocenters. The molecule has 0 spiro atoms. The third kappa shape index (κ3) is 2.81. The van der Waals surface area contributed by atoms with Gasteiger partial charge < -0.3 is 5.11 Å². The van der Waals surface area contributed by atoms with Gasteiger partial charge in [-0.15, -0.1) is 11.3 Å². The zero-order valence-corrected chi connectivity index (χ0v) is 10.5. The Balaban J connectivity index is 2.86. The van der Waals surface area contributed by atoms with Crippen LogP contribution in [0.3, 0.4) is 0 Å². The van der Waals surface area contributed by atoms with E-state index in [1.807, 2.05) is 11.4 Å². The van der Waals surface area contributed by atoms with Crippen LogP contribution in [-0.2, 0) is 10.2 Å². The Morgan fingerprint density at radius 3 is 2.40 bits per heavy atom. The molecule has 0 radical (unpaired) electrons. The number of carbonyl (C=O) groups is 1. The van der Waals surface area contributed by atoms with Crippen LogP contribution in [0.15, 0.2) is 17.5 Å². The summed E-state index contributed by atoms with van der Waals surface area (Å²) in [6.45, 7) is 7.77. The van der Waals surface area contributed by atoms with Gasteiger partial charge in [0.2, 0.25) is 0 Å². The molecule has 0 aromatic carbocycles. The monoisotopic (exact) mass is 226 g/mol. The zero-order valence-electron chi connectivity index (χ0n) is 9.70. The Morgan fingerprint density at radius 1 is 1.40 bits per heavy atom. The third-order valence-electron chi connectivity index (χ3n) is 2.65. The molecule has 1 aromatic heterocycles. The summed E-state index contributed by atoms with van der Waals surface area (Å²) in [6, 6.07) is 4.08. The summed E-state index contributed by atoms with van der Waals surface area (Å²) in [5, 5.41) is 11.1. The summed E-state index contributed by atoms with van der Waals surface area (Å²) in [6.07, 6.45) is 0.649. The second-order valence-corrected chi connectivity index (χ2v) is 6.17. The summed E-state index contributed by atoms with van der Waals surface area (Å²) >= 11 is 1.69. The minimum Gasteiger partial charge on any atom is -0.481 e. The van der Waals surface area contributed by atoms with Gasteiger partial charge in [0, 0.05) is 10.3 Å². The normalized spacial score (nSPS) is 12.8. The predicted octanol–water partition coefficient (Wildman–Crippen LogP) is 3.53. The maximum atomic E-state index is 11.1. The van der Waals surface area contributed by atoms with E-state index in [4.69, 9.17) is 5.11 Å². The van der Waals surface area contributed by atoms with Crippen molar-refractivity contribution in [1.29, 1.82) is 0 Å². The highest BCUT2D eigenvalue weighted by molar-refractivity contribution is 7.10. The van der Waals surface area contributed by atoms with E-state index in [0.717, 1.165) is 0 Å². The van der Waals surface area contributed by atoms with Crippen molar-refractivity contribution in [1.82, 2.24) is 0 Å². The molecule has 0 saturated heterocycles. The number of thiophene rings is 1. The van der Waals surface area contributed by atoms with Crippen LogP contribution in [0.1, 0.15) is 39.0 Å². The molecule has 0 fully saturated rings. The summed E-state index contributed by atoms with van der Waals surface area (Å²) in [4.78, 5) is 12.3. The first-order chi connectivity index (χ1) is 6.76. The minimum atomic E-state index is -0.730. The van der Waals surface area contributed by atoms with Crippen molar-refractivity contribution < 1.29 is 9.90 Å². The first-order valence-electron chi connectivity index (χ1n) is 5.03. The highest BCUT2D eigenvalue weighted by atomic mass is 32.1. The van der Waals surface area contributed by atoms with Gasteiger partial charge in [-0.1, -0.05) is 19.9 Å². The molecular formula is C12H18O2S. The molecule has 1 N–H and O–H groups in total. The van der Waals surface area contributed by atoms with Gasteiger partial charge in [-0.3, -0.25) is 4.79 Å². The predicted molar refractivity (Wildman–Crippen MR) is 63.4 cm³/mol. The lowest BCUT2D eigenvalue weighted by molar-refractivity contribution is -0.148. The molecule has 0 bridgehead atoms. The first kappa shape index (κ1) is 12.2. The maximum Gasteiger partial charge on any atom is 0.309 e. The number of aliphatic carboxylic acids is 1. The largest absolute Gasteiger partial charge is 0.481 e. The highest BCUT2D eigenvalue weighted by Gasteiger charge is 2.35. The molecule has 0 amide bonds. The van der Waals surface area contributed by atoms with Crippen LogP contribution in [0.5, 0.6) is 0 Å². The molecular weight excluding hydrogens is 208 g/mol. The number of hydrogen-bond acceptors (Lipinski definition) is 2. The Bertz CT molecular complexity index is 337. The van der Waals surface area contributed by atoms with Gasteiger partial charge in [0.05, 0.1) is 5.41 Å². The SMILES string of the molecule is CC(C)(CC(C)(C)c1cccs1)C(=O)O. The molecule has 3 heteroatoms. The van der Waals surface area contributed by atoms with E-state index >= 15 is 0 Å². The van der Waals surface area contributed by atoms with E-state index in [1.165, 1.54) is 4.88 Å². The molecule has 84 valence electrons. The summed E-state index contributed by atoms with van der Waals surface area (Å²) in [5.41, 5.74) is -0.746. The topological polar surface area (TPSA) is 37.3 Å². The Labute approximate surface area is 94.9 Å². The Kier molecular flexibility index (Phi) is 3.24. The van der Waals surface area contributed by atoms with Crippen molar-refractivity contribution in [3.8, 4) is 0 Å². The first-order valence-corrected chi connectivity index (χ1v) is 5.91. The van der Waals surface area contributed by atoms with Crippen molar-refractivity contribution in [2.75, 3.05) is 0 Å². The summed E-state index contributed by atoms with van der Waals surface area (Å²) in [7, 11) is 0. The fourth-order valence-corrected chi connectivity index (χ4v) is 2.78. The molecule has 0 aliphatic heterocycles. The van der Waals surface area contributed by atoms with E-state index in [9.17, 15) is 4.79 Å². The zero-order chi connectivity index (χ0) is 11.7. The fraction of sp³-hybridized carbons (Fsp3) is 0.583. The van der Waals surface area contributed by atoms with E-state index in [0.29, 0.717) is 6.42 Å². The molecule has 1 rings (SSSR count). The fourth-order valence-electron chi connectivity index (χ4n) is 1.93. The van der Waals surface area contributed by atoms with Crippen molar-refractivity contribution in [2.45, 2.75) is 39.5 Å². The lowest BCUT2D eigenvalue weighted by Gasteiger charge is -2.31. The van der Waals surface area contributed by atoms with Gasteiger partial charge in [-0.05, 0) is 31.7 Å². The average molecular weight is 226 g/mol. The molecule has 0 aliphatic rings. The second-order valence-electron chi connectivity index (χ2n) is 5.23. The molecule has 15 heavy (non-hydrogen) atoms. The van der Waals surface area contributed by atoms with Crippen LogP contribution >= 0.6 is 11.3 Å². The lowest BCUT2D eigenvalue weighted by atomic mass is 9.74. The lowest BCUT2D eigenvalue weighted by Crippen LogP contribution is -2.32. The summed E-state index contributed by atoms with van der Waals surface area (Å²) < 4.78 is 0. The Hall–Kier alpha value is -0.830. The number of hydrogen-bond donors (Lipinski definition) is 1. The van der Waals surface area contributed by atoms with Gasteiger partial charge in [-0.25, -0.2) is 0 Å². The van der Waals surface area contributed by atoms with Gasteiger partial charge in [0.1, 0.15) is 0 Å². The molecule has 2 nitrogen and oxygen atoms in total. The van der Waals surface area contributed by atoms with Crippen molar-refractivity contribution in [3.63, 3.8) is 0 Å². The van der Waals surface area contributed by atoms with Crippen LogP contribution < -0.4 is 0 Å². The Morgan fingerprint density at radius 2 is 2.00 bits per heavy atom. The van der Waals surface area contributed by atoms with Gasteiger partial charge in [0.15, 0.2) is 0 Å². The molecule has 0 saturated carbocycles. The number of carboxylic acids is 1. The second kappa shape index (κ2) is 3.97. The molecule has 1 aromatic rings. The van der Waals surface area contributed by atoms with E-state index in [1.54, 1.807) is 25.2 Å². The van der Waals surface area contributed by atoms with E-state index in [-0.39, 0.29) is 5.41 Å². The van der Waals surface area contributed by atoms with Crippen LogP contribution in [0.25, 0.3) is 0 Å². The van der Waals surface area contributed by atoms with Crippen molar-refractivity contribution in [2.24, 2.45) is 5.41 Å². The van der Waals surface area contributed by atoms with Crippen LogP contribution in [-0.4, -0.2) is 11.1 Å². The van der Waals surface area contributed by atoms with E-state index in [2.05, 4.69) is 19.9 Å². The third-order valence-corrected chi connectivity index (χ3v) is 3.89. The van der Waals surface area contributed by atoms with Crippen molar-refractivity contribution in [3.05, 3.63) is 22.4 Å². The van der Waals surface area contributed by atoms with Crippen LogP contribution in [0.2, 0.25) is 0 Å². The quantitative estimate of drug-likeness (QED) is 0.852. The van der Waals surface area contributed by atoms with E-state index < -0.39 is 11.4 Å². The van der Waals surface area contributed by atoms with Gasteiger partial charge in [0.25, 0.3) is 0 Å². The van der Waals surface area contributed by atoms with Crippen molar-refractivity contribution >= 4 is 17.3 Å². The van der Waals surface area contributed by atoms with Gasteiger partial charge in [-0.2, -0.15) is 0 Å². The molecule has 0 aliphatic carbocycles. The van der Waals surface area contributed by atoms with Crippen LogP contribution in [0.4, 0.5) is 0 Å². The standard InChI is InChI=1S/C12H18O2S/c1-11(2,9-6-5-7-15-9)8-12(3,4)10(13)14/h5-7H,8H2,1-4H3,(H,13,14). The molecule has 0 atom stereocenters. The molecule has 1 heterocycles. The number of carboxylic acid groups (broad SMARTS) is 1. The number of rotatable bonds is 4. The summed E-state index contributed by atoms with van der Waals surface area (Å²) in [5.74, 6) is -0.730. The van der Waals surface area contributed by atoms with Crippen LogP contribution in [0, 0.1) is 5.41 Å². The maximum absolute atomic E-state index is 11.1. The smallest absolute Gasteiger partial charge is 0.309 e. The van der Waals surface area contributed by atoms with Gasteiger partial charge >= 0.3 is 5.97 Å². The average Bonchev–Trinajstić information content (AvgIpc) is 2.53.